The zero-order chi connectivity index (χ0) is 20.4. The van der Waals surface area contributed by atoms with Crippen molar-refractivity contribution >= 4 is 5.91 Å². The molecular formula is C24H31N3O2. The van der Waals surface area contributed by atoms with E-state index in [4.69, 9.17) is 10.5 Å². The highest BCUT2D eigenvalue weighted by molar-refractivity contribution is 5.92. The number of fused-ring (bicyclic) bond motifs is 1. The van der Waals surface area contributed by atoms with E-state index in [0.717, 1.165) is 24.6 Å². The minimum Gasteiger partial charge on any atom is -0.494 e. The first kappa shape index (κ1) is 19.9. The Bertz CT molecular complexity index is 851. The second-order valence-electron chi connectivity index (χ2n) is 8.52. The van der Waals surface area contributed by atoms with Crippen molar-refractivity contribution < 1.29 is 9.53 Å². The van der Waals surface area contributed by atoms with Gasteiger partial charge >= 0.3 is 0 Å². The number of nitrogens with two attached hydrogens (primary N) is 1. The largest absolute Gasteiger partial charge is 0.494 e. The standard InChI is InChI=1S/C24H31N3O2/c1-17-6-3-4-7-21(17)23-22-16-27(15-19(22)14-26(23)2)12-5-13-29-20-10-8-18(9-11-20)24(25)28/h3-4,6-11,19,22-23H,5,12-16H2,1-2H3,(H2,25,28)/t19-,22+,23+/m0/s1. The molecule has 0 bridgehead atoms. The molecule has 2 aliphatic heterocycles. The van der Waals surface area contributed by atoms with Crippen LogP contribution in [0.4, 0.5) is 0 Å². The average Bonchev–Trinajstić information content (AvgIpc) is 3.22. The second kappa shape index (κ2) is 8.56. The first-order valence-corrected chi connectivity index (χ1v) is 10.5. The highest BCUT2D eigenvalue weighted by Gasteiger charge is 2.46. The van der Waals surface area contributed by atoms with Gasteiger partial charge in [-0.2, -0.15) is 0 Å². The van der Waals surface area contributed by atoms with E-state index in [0.29, 0.717) is 24.1 Å². The lowest BCUT2D eigenvalue weighted by molar-refractivity contribution is 0.1000. The van der Waals surface area contributed by atoms with E-state index in [1.807, 2.05) is 12.1 Å². The van der Waals surface area contributed by atoms with Gasteiger partial charge in [-0.25, -0.2) is 0 Å². The van der Waals surface area contributed by atoms with Gasteiger partial charge in [0.25, 0.3) is 0 Å². The molecule has 1 amide bonds. The Labute approximate surface area is 173 Å². The van der Waals surface area contributed by atoms with Gasteiger partial charge in [0.15, 0.2) is 0 Å². The normalized spacial score (nSPS) is 24.6. The van der Waals surface area contributed by atoms with E-state index in [1.165, 1.54) is 30.8 Å². The molecule has 2 aliphatic rings. The molecule has 2 aromatic carbocycles. The van der Waals surface area contributed by atoms with Crippen LogP contribution in [0.2, 0.25) is 0 Å². The summed E-state index contributed by atoms with van der Waals surface area (Å²) in [6.45, 7) is 7.52. The van der Waals surface area contributed by atoms with Gasteiger partial charge in [0.05, 0.1) is 6.61 Å². The molecule has 4 rings (SSSR count). The molecule has 2 heterocycles. The van der Waals surface area contributed by atoms with Gasteiger partial charge in [-0.3, -0.25) is 9.69 Å². The van der Waals surface area contributed by atoms with Crippen molar-refractivity contribution in [3.63, 3.8) is 0 Å². The molecule has 5 heteroatoms. The Morgan fingerprint density at radius 2 is 1.86 bits per heavy atom. The van der Waals surface area contributed by atoms with Crippen LogP contribution >= 0.6 is 0 Å². The van der Waals surface area contributed by atoms with Crippen molar-refractivity contribution in [3.05, 3.63) is 65.2 Å². The lowest BCUT2D eigenvalue weighted by Gasteiger charge is -2.28. The van der Waals surface area contributed by atoms with Crippen molar-refractivity contribution in [2.45, 2.75) is 19.4 Å². The summed E-state index contributed by atoms with van der Waals surface area (Å²) >= 11 is 0. The van der Waals surface area contributed by atoms with Crippen LogP contribution in [0.25, 0.3) is 0 Å². The van der Waals surface area contributed by atoms with E-state index in [9.17, 15) is 4.79 Å². The first-order valence-electron chi connectivity index (χ1n) is 10.5. The third-order valence-corrected chi connectivity index (χ3v) is 6.50. The van der Waals surface area contributed by atoms with Crippen molar-refractivity contribution in [1.29, 1.82) is 0 Å². The fourth-order valence-corrected chi connectivity index (χ4v) is 5.11. The molecule has 3 atom stereocenters. The van der Waals surface area contributed by atoms with Crippen LogP contribution in [0.5, 0.6) is 5.75 Å². The summed E-state index contributed by atoms with van der Waals surface area (Å²) in [4.78, 5) is 16.3. The van der Waals surface area contributed by atoms with Crippen LogP contribution in [0.15, 0.2) is 48.5 Å². The van der Waals surface area contributed by atoms with Crippen LogP contribution in [0.1, 0.15) is 33.9 Å². The van der Waals surface area contributed by atoms with Crippen LogP contribution in [0.3, 0.4) is 0 Å². The van der Waals surface area contributed by atoms with E-state index in [-0.39, 0.29) is 0 Å². The predicted octanol–water partition coefficient (Wildman–Crippen LogP) is 3.10. The van der Waals surface area contributed by atoms with E-state index < -0.39 is 5.91 Å². The molecule has 0 aromatic heterocycles. The Balaban J connectivity index is 1.27. The number of primary amides is 1. The smallest absolute Gasteiger partial charge is 0.248 e. The SMILES string of the molecule is Cc1ccccc1[C@@H]1[C@@H]2CN(CCCOc3ccc(C(N)=O)cc3)C[C@@H]2CN1C. The quantitative estimate of drug-likeness (QED) is 0.735. The van der Waals surface area contributed by atoms with Gasteiger partial charge in [0.1, 0.15) is 5.75 Å². The molecule has 154 valence electrons. The summed E-state index contributed by atoms with van der Waals surface area (Å²) in [7, 11) is 2.27. The minimum atomic E-state index is -0.411. The average molecular weight is 394 g/mol. The summed E-state index contributed by atoms with van der Waals surface area (Å²) in [6.07, 6.45) is 1.00. The number of ether oxygens (including phenoxy) is 1. The summed E-state index contributed by atoms with van der Waals surface area (Å²) in [5, 5.41) is 0. The third kappa shape index (κ3) is 4.31. The molecule has 29 heavy (non-hydrogen) atoms. The molecular weight excluding hydrogens is 362 g/mol. The number of amides is 1. The second-order valence-corrected chi connectivity index (χ2v) is 8.52. The molecule has 0 spiro atoms. The van der Waals surface area contributed by atoms with Crippen molar-refractivity contribution in [1.82, 2.24) is 9.80 Å². The van der Waals surface area contributed by atoms with Gasteiger partial charge in [0, 0.05) is 37.8 Å². The molecule has 2 saturated heterocycles. The lowest BCUT2D eigenvalue weighted by atomic mass is 9.88. The maximum atomic E-state index is 11.1. The molecule has 2 aromatic rings. The molecule has 0 aliphatic carbocycles. The summed E-state index contributed by atoms with van der Waals surface area (Å²) < 4.78 is 5.83. The molecule has 0 unspecified atom stereocenters. The predicted molar refractivity (Wildman–Crippen MR) is 115 cm³/mol. The Morgan fingerprint density at radius 3 is 2.59 bits per heavy atom. The number of hydrogen-bond donors (Lipinski definition) is 1. The number of benzene rings is 2. The summed E-state index contributed by atoms with van der Waals surface area (Å²) in [5.74, 6) is 1.84. The van der Waals surface area contributed by atoms with Gasteiger partial charge in [-0.1, -0.05) is 24.3 Å². The number of hydrogen-bond acceptors (Lipinski definition) is 4. The summed E-state index contributed by atoms with van der Waals surface area (Å²) in [5.41, 5.74) is 8.67. The van der Waals surface area contributed by atoms with Crippen LogP contribution < -0.4 is 10.5 Å². The first-order chi connectivity index (χ1) is 14.0. The van der Waals surface area contributed by atoms with Crippen molar-refractivity contribution in [2.24, 2.45) is 17.6 Å². The van der Waals surface area contributed by atoms with Gasteiger partial charge in [-0.15, -0.1) is 0 Å². The summed E-state index contributed by atoms with van der Waals surface area (Å²) in [6, 6.07) is 16.4. The highest BCUT2D eigenvalue weighted by atomic mass is 16.5. The van der Waals surface area contributed by atoms with Crippen molar-refractivity contribution in [3.8, 4) is 5.75 Å². The van der Waals surface area contributed by atoms with E-state index >= 15 is 0 Å². The third-order valence-electron chi connectivity index (χ3n) is 6.50. The van der Waals surface area contributed by atoms with Crippen molar-refractivity contribution in [2.75, 3.05) is 39.8 Å². The fraction of sp³-hybridized carbons (Fsp3) is 0.458. The van der Waals surface area contributed by atoms with Crippen LogP contribution in [-0.4, -0.2) is 55.5 Å². The van der Waals surface area contributed by atoms with Crippen LogP contribution in [-0.2, 0) is 0 Å². The monoisotopic (exact) mass is 393 g/mol. The molecule has 2 fully saturated rings. The molecule has 5 nitrogen and oxygen atoms in total. The lowest BCUT2D eigenvalue weighted by Crippen LogP contribution is -2.30. The highest BCUT2D eigenvalue weighted by Crippen LogP contribution is 2.44. The maximum Gasteiger partial charge on any atom is 0.248 e. The minimum absolute atomic E-state index is 0.411. The van der Waals surface area contributed by atoms with Gasteiger partial charge in [0.2, 0.25) is 5.91 Å². The zero-order valence-corrected chi connectivity index (χ0v) is 17.4. The number of carbonyl (C=O) groups is 1. The fourth-order valence-electron chi connectivity index (χ4n) is 5.11. The molecule has 0 radical (unpaired) electrons. The number of aryl methyl sites for hydroxylation is 1. The van der Waals surface area contributed by atoms with E-state index in [1.54, 1.807) is 12.1 Å². The molecule has 2 N–H and O–H groups in total. The van der Waals surface area contributed by atoms with Gasteiger partial charge < -0.3 is 15.4 Å². The van der Waals surface area contributed by atoms with Gasteiger partial charge in [-0.05, 0) is 67.6 Å². The Kier molecular flexibility index (Phi) is 5.88. The number of rotatable bonds is 7. The zero-order valence-electron chi connectivity index (χ0n) is 17.4. The Morgan fingerprint density at radius 1 is 1.10 bits per heavy atom. The number of likely N-dealkylation sites (tertiary alicyclic amines) is 2. The Hall–Kier alpha value is -2.37. The maximum absolute atomic E-state index is 11.1. The number of nitrogens with zero attached hydrogens (tertiary/aromatic N) is 2. The molecule has 0 saturated carbocycles. The number of carbonyl (C=O) groups excluding carboxylic acids is 1. The van der Waals surface area contributed by atoms with Crippen LogP contribution in [0, 0.1) is 18.8 Å². The van der Waals surface area contributed by atoms with E-state index in [2.05, 4.69) is 48.0 Å². The topological polar surface area (TPSA) is 58.8 Å².